The number of hydrogen-bond acceptors (Lipinski definition) is 5. The van der Waals surface area contributed by atoms with Crippen molar-refractivity contribution < 1.29 is 14.4 Å². The lowest BCUT2D eigenvalue weighted by Gasteiger charge is -2.28. The molecule has 0 unspecified atom stereocenters. The van der Waals surface area contributed by atoms with Crippen molar-refractivity contribution >= 4 is 17.7 Å². The third kappa shape index (κ3) is 7.77. The summed E-state index contributed by atoms with van der Waals surface area (Å²) in [5.74, 6) is 0.762. The van der Waals surface area contributed by atoms with Crippen LogP contribution >= 0.6 is 0 Å². The fourth-order valence-corrected chi connectivity index (χ4v) is 5.05. The Bertz CT molecular complexity index is 1280. The van der Waals surface area contributed by atoms with Crippen LogP contribution in [0, 0.1) is 12.8 Å². The summed E-state index contributed by atoms with van der Waals surface area (Å²) in [7, 11) is 0. The molecule has 1 aliphatic rings. The number of nitrogens with zero attached hydrogens (tertiary/aromatic N) is 4. The fourth-order valence-electron chi connectivity index (χ4n) is 5.05. The van der Waals surface area contributed by atoms with Crippen LogP contribution < -0.4 is 10.6 Å². The number of aryl methyl sites for hydroxylation is 1. The molecule has 212 valence electrons. The van der Waals surface area contributed by atoms with Gasteiger partial charge < -0.3 is 15.5 Å². The minimum Gasteiger partial charge on any atom is -0.344 e. The van der Waals surface area contributed by atoms with E-state index < -0.39 is 12.1 Å². The van der Waals surface area contributed by atoms with E-state index in [0.29, 0.717) is 50.5 Å². The number of benzene rings is 2. The molecule has 2 heterocycles. The molecule has 0 spiro atoms. The van der Waals surface area contributed by atoms with Crippen LogP contribution in [-0.4, -0.2) is 56.5 Å². The van der Waals surface area contributed by atoms with Gasteiger partial charge >= 0.3 is 0 Å². The molecule has 0 fully saturated rings. The maximum absolute atomic E-state index is 13.6. The van der Waals surface area contributed by atoms with Gasteiger partial charge in [-0.15, -0.1) is 0 Å². The molecule has 1 aromatic heterocycles. The summed E-state index contributed by atoms with van der Waals surface area (Å²) in [5.41, 5.74) is 1.99. The maximum atomic E-state index is 13.6. The van der Waals surface area contributed by atoms with Crippen LogP contribution in [0.4, 0.5) is 0 Å². The van der Waals surface area contributed by atoms with E-state index in [0.717, 1.165) is 17.5 Å². The molecule has 0 bridgehead atoms. The molecule has 0 saturated heterocycles. The Morgan fingerprint density at radius 3 is 2.33 bits per heavy atom. The van der Waals surface area contributed by atoms with Crippen molar-refractivity contribution in [2.75, 3.05) is 13.1 Å². The molecule has 3 aromatic rings. The first kappa shape index (κ1) is 29.0. The van der Waals surface area contributed by atoms with Crippen molar-refractivity contribution in [3.05, 3.63) is 83.4 Å². The third-order valence-corrected chi connectivity index (χ3v) is 7.49. The van der Waals surface area contributed by atoms with Gasteiger partial charge in [0.2, 0.25) is 17.7 Å². The molecule has 4 rings (SSSR count). The number of nitrogens with one attached hydrogen (secondary N) is 2. The Balaban J connectivity index is 1.66. The van der Waals surface area contributed by atoms with Gasteiger partial charge in [0.05, 0.1) is 19.0 Å². The van der Waals surface area contributed by atoms with E-state index >= 15 is 0 Å². The molecule has 2 N–H and O–H groups in total. The van der Waals surface area contributed by atoms with Gasteiger partial charge in [-0.1, -0.05) is 80.9 Å². The highest BCUT2D eigenvalue weighted by molar-refractivity contribution is 5.88. The normalized spacial score (nSPS) is 19.6. The number of fused-ring (bicyclic) bond motifs is 1. The van der Waals surface area contributed by atoms with Crippen LogP contribution in [0.25, 0.3) is 0 Å². The number of carbonyl (C=O) groups is 3. The first-order valence-corrected chi connectivity index (χ1v) is 14.2. The number of rotatable bonds is 6. The smallest absolute Gasteiger partial charge is 0.243 e. The van der Waals surface area contributed by atoms with Gasteiger partial charge in [-0.25, -0.2) is 9.67 Å². The highest BCUT2D eigenvalue weighted by atomic mass is 16.2. The number of aromatic nitrogens is 3. The van der Waals surface area contributed by atoms with Crippen molar-refractivity contribution in [2.24, 2.45) is 5.92 Å². The summed E-state index contributed by atoms with van der Waals surface area (Å²) < 4.78 is 1.81. The van der Waals surface area contributed by atoms with Crippen LogP contribution in [0.15, 0.2) is 60.7 Å². The lowest BCUT2D eigenvalue weighted by molar-refractivity contribution is -0.132. The minimum absolute atomic E-state index is 0.00343. The van der Waals surface area contributed by atoms with Crippen LogP contribution in [0.3, 0.4) is 0 Å². The average molecular weight is 545 g/mol. The molecule has 1 aliphatic heterocycles. The summed E-state index contributed by atoms with van der Waals surface area (Å²) >= 11 is 0. The zero-order valence-corrected chi connectivity index (χ0v) is 23.7. The third-order valence-electron chi connectivity index (χ3n) is 7.49. The Morgan fingerprint density at radius 1 is 0.975 bits per heavy atom. The number of amides is 3. The molecule has 0 aliphatic carbocycles. The molecule has 9 heteroatoms. The van der Waals surface area contributed by atoms with Crippen LogP contribution in [0.2, 0.25) is 0 Å². The molecule has 3 atom stereocenters. The van der Waals surface area contributed by atoms with E-state index in [4.69, 9.17) is 4.98 Å². The van der Waals surface area contributed by atoms with Gasteiger partial charge in [-0.2, -0.15) is 5.10 Å². The second kappa shape index (κ2) is 13.9. The Kier molecular flexibility index (Phi) is 10.0. The molecular weight excluding hydrogens is 504 g/mol. The second-order valence-corrected chi connectivity index (χ2v) is 10.6. The predicted octanol–water partition coefficient (Wildman–Crippen LogP) is 3.38. The first-order chi connectivity index (χ1) is 19.3. The van der Waals surface area contributed by atoms with Gasteiger partial charge in [-0.3, -0.25) is 14.4 Å². The van der Waals surface area contributed by atoms with E-state index in [-0.39, 0.29) is 30.1 Å². The van der Waals surface area contributed by atoms with Crippen LogP contribution in [0.1, 0.15) is 61.9 Å². The molecule has 40 heavy (non-hydrogen) atoms. The van der Waals surface area contributed by atoms with Gasteiger partial charge in [0.1, 0.15) is 17.7 Å². The maximum Gasteiger partial charge on any atom is 0.243 e. The highest BCUT2D eigenvalue weighted by Crippen LogP contribution is 2.20. The quantitative estimate of drug-likeness (QED) is 0.495. The zero-order valence-electron chi connectivity index (χ0n) is 23.7. The molecule has 3 amide bonds. The van der Waals surface area contributed by atoms with E-state index in [2.05, 4.69) is 15.7 Å². The molecule has 0 saturated carbocycles. The van der Waals surface area contributed by atoms with Crippen molar-refractivity contribution in [3.63, 3.8) is 0 Å². The molecule has 2 aromatic carbocycles. The predicted molar refractivity (Wildman–Crippen MR) is 153 cm³/mol. The van der Waals surface area contributed by atoms with Gasteiger partial charge in [0.15, 0.2) is 0 Å². The molecule has 9 nitrogen and oxygen atoms in total. The van der Waals surface area contributed by atoms with Crippen molar-refractivity contribution in [1.82, 2.24) is 30.3 Å². The monoisotopic (exact) mass is 544 g/mol. The zero-order chi connectivity index (χ0) is 28.5. The van der Waals surface area contributed by atoms with E-state index in [9.17, 15) is 14.4 Å². The van der Waals surface area contributed by atoms with E-state index in [1.54, 1.807) is 0 Å². The van der Waals surface area contributed by atoms with Crippen LogP contribution in [0.5, 0.6) is 0 Å². The molecule has 0 radical (unpaired) electrons. The van der Waals surface area contributed by atoms with Gasteiger partial charge in [0, 0.05) is 19.5 Å². The largest absolute Gasteiger partial charge is 0.344 e. The van der Waals surface area contributed by atoms with Crippen LogP contribution in [-0.2, 0) is 33.8 Å². The first-order valence-electron chi connectivity index (χ1n) is 14.2. The lowest BCUT2D eigenvalue weighted by atomic mass is 9.97. The fraction of sp³-hybridized carbons (Fsp3) is 0.452. The minimum atomic E-state index is -0.674. The summed E-state index contributed by atoms with van der Waals surface area (Å²) in [4.78, 5) is 46.5. The summed E-state index contributed by atoms with van der Waals surface area (Å²) in [6.07, 6.45) is 2.28. The van der Waals surface area contributed by atoms with Crippen molar-refractivity contribution in [3.8, 4) is 0 Å². The van der Waals surface area contributed by atoms with Crippen molar-refractivity contribution in [1.29, 1.82) is 0 Å². The summed E-state index contributed by atoms with van der Waals surface area (Å²) in [6, 6.07) is 18.5. The highest BCUT2D eigenvalue weighted by Gasteiger charge is 2.30. The SMILES string of the molecule is CC[C@H](C)[C@@H]1NC(=O)CCCN(C(=O)Cc2ccccc2)CCn2nc(C)nc2[C@H](Cc2ccccc2)NC1=O. The Morgan fingerprint density at radius 2 is 1.65 bits per heavy atom. The topological polar surface area (TPSA) is 109 Å². The Labute approximate surface area is 236 Å². The Hall–Kier alpha value is -4.01. The lowest BCUT2D eigenvalue weighted by Crippen LogP contribution is -2.51. The number of hydrogen-bond donors (Lipinski definition) is 2. The standard InChI is InChI=1S/C31H40N6O3/c1-4-22(2)29-31(40)33-26(20-24-12-7-5-8-13-24)30-32-23(3)35-37(30)19-18-36(17-11-16-27(38)34-29)28(39)21-25-14-9-6-10-15-25/h5-10,12-15,22,26,29H,4,11,16-21H2,1-3H3,(H,33,40)(H,34,38)/t22-,26-,29-/m0/s1. The van der Waals surface area contributed by atoms with E-state index in [1.165, 1.54) is 0 Å². The van der Waals surface area contributed by atoms with Gasteiger partial charge in [0.25, 0.3) is 0 Å². The van der Waals surface area contributed by atoms with Gasteiger partial charge in [-0.05, 0) is 36.8 Å². The molecular formula is C31H40N6O3. The summed E-state index contributed by atoms with van der Waals surface area (Å²) in [5, 5.41) is 10.8. The average Bonchev–Trinajstić information content (AvgIpc) is 3.33. The van der Waals surface area contributed by atoms with E-state index in [1.807, 2.05) is 91.0 Å². The number of carbonyl (C=O) groups excluding carboxylic acids is 3. The summed E-state index contributed by atoms with van der Waals surface area (Å²) in [6.45, 7) is 7.10. The second-order valence-electron chi connectivity index (χ2n) is 10.6. The van der Waals surface area contributed by atoms with Crippen molar-refractivity contribution in [2.45, 2.75) is 71.5 Å².